The maximum atomic E-state index is 13.5. The zero-order valence-corrected chi connectivity index (χ0v) is 16.3. The molecule has 1 atom stereocenters. The van der Waals surface area contributed by atoms with Gasteiger partial charge in [0.25, 0.3) is 5.91 Å². The number of ether oxygens (including phenoxy) is 1. The lowest BCUT2D eigenvalue weighted by Gasteiger charge is -2.39. The molecule has 1 aromatic heterocycles. The van der Waals surface area contributed by atoms with E-state index in [0.29, 0.717) is 18.5 Å². The van der Waals surface area contributed by atoms with Crippen LogP contribution >= 0.6 is 0 Å². The molecular formula is C20H23FN2O5. The third-order valence-electron chi connectivity index (χ3n) is 4.47. The minimum absolute atomic E-state index is 0.152. The van der Waals surface area contributed by atoms with Gasteiger partial charge in [0, 0.05) is 25.7 Å². The normalized spacial score (nSPS) is 17.7. The van der Waals surface area contributed by atoms with Gasteiger partial charge < -0.3 is 19.0 Å². The smallest absolute Gasteiger partial charge is 0.410 e. The van der Waals surface area contributed by atoms with Crippen molar-refractivity contribution in [3.8, 4) is 0 Å². The fourth-order valence-electron chi connectivity index (χ4n) is 3.16. The van der Waals surface area contributed by atoms with Gasteiger partial charge in [-0.25, -0.2) is 14.0 Å². The zero-order valence-electron chi connectivity index (χ0n) is 16.3. The number of hydrogen-bond donors (Lipinski definition) is 0. The van der Waals surface area contributed by atoms with Crippen molar-refractivity contribution in [2.75, 3.05) is 19.6 Å². The first-order valence-corrected chi connectivity index (χ1v) is 9.07. The monoisotopic (exact) mass is 390 g/mol. The van der Waals surface area contributed by atoms with E-state index in [1.165, 1.54) is 29.2 Å². The zero-order chi connectivity index (χ0) is 20.6. The molecule has 8 heteroatoms. The first-order valence-electron chi connectivity index (χ1n) is 9.07. The Balaban J connectivity index is 1.78. The summed E-state index contributed by atoms with van der Waals surface area (Å²) < 4.78 is 24.0. The Bertz CT molecular complexity index is 979. The van der Waals surface area contributed by atoms with Crippen LogP contribution in [0.3, 0.4) is 0 Å². The minimum atomic E-state index is -0.694. The maximum absolute atomic E-state index is 13.5. The Morgan fingerprint density at radius 1 is 1.21 bits per heavy atom. The molecule has 1 saturated heterocycles. The van der Waals surface area contributed by atoms with Crippen molar-refractivity contribution in [3.05, 3.63) is 46.3 Å². The van der Waals surface area contributed by atoms with Crippen LogP contribution in [-0.2, 0) is 4.74 Å². The molecule has 2 aromatic rings. The van der Waals surface area contributed by atoms with Gasteiger partial charge in [-0.15, -0.1) is 0 Å². The summed E-state index contributed by atoms with van der Waals surface area (Å²) in [6.45, 7) is 8.04. The summed E-state index contributed by atoms with van der Waals surface area (Å²) in [4.78, 5) is 40.3. The molecule has 0 N–H and O–H groups in total. The number of carbonyl (C=O) groups excluding carboxylic acids is 2. The van der Waals surface area contributed by atoms with Crippen LogP contribution in [0.25, 0.3) is 10.8 Å². The number of nitrogens with zero attached hydrogens (tertiary/aromatic N) is 2. The van der Waals surface area contributed by atoms with E-state index in [4.69, 9.17) is 9.15 Å². The van der Waals surface area contributed by atoms with Gasteiger partial charge in [-0.1, -0.05) is 0 Å². The highest BCUT2D eigenvalue weighted by molar-refractivity contribution is 5.95. The van der Waals surface area contributed by atoms with E-state index in [9.17, 15) is 18.8 Å². The number of carbonyl (C=O) groups is 2. The molecular weight excluding hydrogens is 367 g/mol. The highest BCUT2D eigenvalue weighted by Gasteiger charge is 2.33. The summed E-state index contributed by atoms with van der Waals surface area (Å²) in [5.41, 5.74) is -1.29. The van der Waals surface area contributed by atoms with Crippen LogP contribution in [0, 0.1) is 5.82 Å². The molecule has 2 amide bonds. The number of piperazine rings is 1. The highest BCUT2D eigenvalue weighted by atomic mass is 19.1. The Hall–Kier alpha value is -2.90. The fourth-order valence-corrected chi connectivity index (χ4v) is 3.16. The summed E-state index contributed by atoms with van der Waals surface area (Å²) >= 11 is 0. The quantitative estimate of drug-likeness (QED) is 0.748. The van der Waals surface area contributed by atoms with Gasteiger partial charge in [0.15, 0.2) is 5.76 Å². The van der Waals surface area contributed by atoms with Crippen LogP contribution < -0.4 is 5.63 Å². The van der Waals surface area contributed by atoms with Crippen molar-refractivity contribution in [1.29, 1.82) is 0 Å². The average molecular weight is 390 g/mol. The highest BCUT2D eigenvalue weighted by Crippen LogP contribution is 2.19. The predicted octanol–water partition coefficient (Wildman–Crippen LogP) is 3.01. The van der Waals surface area contributed by atoms with Crippen LogP contribution in [0.4, 0.5) is 9.18 Å². The Morgan fingerprint density at radius 3 is 2.57 bits per heavy atom. The van der Waals surface area contributed by atoms with Crippen LogP contribution in [0.15, 0.2) is 33.5 Å². The van der Waals surface area contributed by atoms with Crippen molar-refractivity contribution in [3.63, 3.8) is 0 Å². The van der Waals surface area contributed by atoms with E-state index in [1.807, 2.05) is 0 Å². The lowest BCUT2D eigenvalue weighted by atomic mass is 10.1. The minimum Gasteiger partial charge on any atom is -0.444 e. The van der Waals surface area contributed by atoms with Crippen molar-refractivity contribution < 1.29 is 23.1 Å². The standard InChI is InChI=1S/C20H23FN2O5/c1-12-11-22(19(26)28-20(2,3)4)7-8-23(12)17(24)16-10-13-9-14(21)5-6-15(13)18(25)27-16/h5-6,9-10,12H,7-8,11H2,1-4H3/t12-/m0/s1. The lowest BCUT2D eigenvalue weighted by molar-refractivity contribution is 0.00553. The molecule has 1 aromatic carbocycles. The van der Waals surface area contributed by atoms with Gasteiger partial charge in [-0.05, 0) is 57.3 Å². The molecule has 2 heterocycles. The van der Waals surface area contributed by atoms with Crippen molar-refractivity contribution >= 4 is 22.8 Å². The van der Waals surface area contributed by atoms with Gasteiger partial charge in [-0.2, -0.15) is 0 Å². The number of amides is 2. The SMILES string of the molecule is C[C@H]1CN(C(=O)OC(C)(C)C)CCN1C(=O)c1cc2cc(F)ccc2c(=O)o1. The molecule has 0 aliphatic carbocycles. The van der Waals surface area contributed by atoms with E-state index in [2.05, 4.69) is 0 Å². The number of fused-ring (bicyclic) bond motifs is 1. The Morgan fingerprint density at radius 2 is 1.93 bits per heavy atom. The molecule has 0 unspecified atom stereocenters. The summed E-state index contributed by atoms with van der Waals surface area (Å²) in [7, 11) is 0. The summed E-state index contributed by atoms with van der Waals surface area (Å²) in [5.74, 6) is -1.13. The second-order valence-electron chi connectivity index (χ2n) is 7.90. The second-order valence-corrected chi connectivity index (χ2v) is 7.90. The van der Waals surface area contributed by atoms with Crippen LogP contribution in [0.2, 0.25) is 0 Å². The van der Waals surface area contributed by atoms with Gasteiger partial charge in [0.1, 0.15) is 11.4 Å². The first-order chi connectivity index (χ1) is 13.0. The number of halogens is 1. The topological polar surface area (TPSA) is 80.1 Å². The molecule has 0 spiro atoms. The van der Waals surface area contributed by atoms with E-state index >= 15 is 0 Å². The summed E-state index contributed by atoms with van der Waals surface area (Å²) in [5, 5.41) is 0.514. The largest absolute Gasteiger partial charge is 0.444 e. The van der Waals surface area contributed by atoms with Crippen molar-refractivity contribution in [1.82, 2.24) is 9.80 Å². The summed E-state index contributed by atoms with van der Waals surface area (Å²) in [6.07, 6.45) is -0.431. The van der Waals surface area contributed by atoms with Gasteiger partial charge in [0.2, 0.25) is 0 Å². The lowest BCUT2D eigenvalue weighted by Crippen LogP contribution is -2.56. The van der Waals surface area contributed by atoms with E-state index in [0.717, 1.165) is 0 Å². The fraction of sp³-hybridized carbons (Fsp3) is 0.450. The molecule has 0 radical (unpaired) electrons. The van der Waals surface area contributed by atoms with Gasteiger partial charge >= 0.3 is 11.7 Å². The Kier molecular flexibility index (Phi) is 5.14. The Labute approximate surface area is 161 Å². The maximum Gasteiger partial charge on any atom is 0.410 e. The first kappa shape index (κ1) is 19.9. The third kappa shape index (κ3) is 4.16. The van der Waals surface area contributed by atoms with Crippen LogP contribution in [0.1, 0.15) is 38.2 Å². The number of benzene rings is 1. The molecule has 7 nitrogen and oxygen atoms in total. The van der Waals surface area contributed by atoms with Crippen LogP contribution in [0.5, 0.6) is 0 Å². The van der Waals surface area contributed by atoms with E-state index < -0.39 is 29.0 Å². The molecule has 150 valence electrons. The van der Waals surface area contributed by atoms with E-state index in [1.54, 1.807) is 32.6 Å². The number of rotatable bonds is 1. The summed E-state index contributed by atoms with van der Waals surface area (Å²) in [6, 6.07) is 4.75. The molecule has 1 aliphatic rings. The van der Waals surface area contributed by atoms with Crippen molar-refractivity contribution in [2.45, 2.75) is 39.3 Å². The van der Waals surface area contributed by atoms with E-state index in [-0.39, 0.29) is 23.7 Å². The molecule has 1 aliphatic heterocycles. The molecule has 0 bridgehead atoms. The van der Waals surface area contributed by atoms with Crippen molar-refractivity contribution in [2.24, 2.45) is 0 Å². The average Bonchev–Trinajstić information content (AvgIpc) is 2.59. The predicted molar refractivity (Wildman–Crippen MR) is 101 cm³/mol. The molecule has 28 heavy (non-hydrogen) atoms. The molecule has 0 saturated carbocycles. The number of hydrogen-bond acceptors (Lipinski definition) is 5. The second kappa shape index (κ2) is 7.26. The van der Waals surface area contributed by atoms with Gasteiger partial charge in [0.05, 0.1) is 5.39 Å². The molecule has 3 rings (SSSR count). The third-order valence-corrected chi connectivity index (χ3v) is 4.47. The van der Waals surface area contributed by atoms with Gasteiger partial charge in [-0.3, -0.25) is 4.79 Å². The van der Waals surface area contributed by atoms with Crippen LogP contribution in [-0.4, -0.2) is 53.1 Å². The molecule has 1 fully saturated rings.